The van der Waals surface area contributed by atoms with Crippen molar-refractivity contribution in [2.24, 2.45) is 11.8 Å². The number of carbonyl (C=O) groups is 3. The summed E-state index contributed by atoms with van der Waals surface area (Å²) in [6.07, 6.45) is 4.83. The molecule has 0 aromatic carbocycles. The van der Waals surface area contributed by atoms with Crippen LogP contribution in [0.2, 0.25) is 0 Å². The Hall–Kier alpha value is -1.79. The van der Waals surface area contributed by atoms with Crippen molar-refractivity contribution in [2.75, 3.05) is 65.7 Å². The third-order valence-corrected chi connectivity index (χ3v) is 8.96. The lowest BCUT2D eigenvalue weighted by atomic mass is 9.70. The van der Waals surface area contributed by atoms with Gasteiger partial charge in [0.05, 0.1) is 37.8 Å². The van der Waals surface area contributed by atoms with Crippen LogP contribution in [0.3, 0.4) is 0 Å². The summed E-state index contributed by atoms with van der Waals surface area (Å²) >= 11 is 3.68. The smallest absolute Gasteiger partial charge is 0.312 e. The van der Waals surface area contributed by atoms with Gasteiger partial charge in [0.25, 0.3) is 0 Å². The average Bonchev–Trinajstić information content (AvgIpc) is 3.50. The van der Waals surface area contributed by atoms with Gasteiger partial charge in [-0.3, -0.25) is 19.3 Å². The maximum atomic E-state index is 14.3. The van der Waals surface area contributed by atoms with Gasteiger partial charge < -0.3 is 29.1 Å². The quantitative estimate of drug-likeness (QED) is 0.137. The molecule has 4 heterocycles. The van der Waals surface area contributed by atoms with Crippen molar-refractivity contribution in [1.29, 1.82) is 0 Å². The van der Waals surface area contributed by atoms with Gasteiger partial charge in [-0.05, 0) is 25.7 Å². The van der Waals surface area contributed by atoms with Crippen molar-refractivity contribution in [1.82, 2.24) is 14.7 Å². The Balaban J connectivity index is 1.61. The zero-order valence-electron chi connectivity index (χ0n) is 22.0. The zero-order chi connectivity index (χ0) is 27.3. The lowest BCUT2D eigenvalue weighted by Crippen LogP contribution is -2.57. The van der Waals surface area contributed by atoms with Crippen LogP contribution in [-0.2, 0) is 28.6 Å². The lowest BCUT2D eigenvalue weighted by molar-refractivity contribution is -0.155. The first kappa shape index (κ1) is 29.2. The minimum atomic E-state index is -1.12. The van der Waals surface area contributed by atoms with Gasteiger partial charge in [0.1, 0.15) is 11.6 Å². The maximum Gasteiger partial charge on any atom is 0.312 e. The Morgan fingerprint density at radius 1 is 1.21 bits per heavy atom. The molecule has 1 N–H and O–H groups in total. The second kappa shape index (κ2) is 13.0. The van der Waals surface area contributed by atoms with Gasteiger partial charge in [0.2, 0.25) is 11.8 Å². The molecular weight excluding hydrogens is 558 g/mol. The molecule has 4 aliphatic rings. The average molecular weight is 599 g/mol. The molecule has 0 aliphatic carbocycles. The van der Waals surface area contributed by atoms with Crippen LogP contribution in [0.5, 0.6) is 0 Å². The predicted molar refractivity (Wildman–Crippen MR) is 144 cm³/mol. The number of hydrogen-bond acceptors (Lipinski definition) is 8. The highest BCUT2D eigenvalue weighted by Gasteiger charge is 2.77. The number of unbranched alkanes of at least 4 members (excludes halogenated alkanes) is 1. The van der Waals surface area contributed by atoms with E-state index in [4.69, 9.17) is 14.2 Å². The fourth-order valence-electron chi connectivity index (χ4n) is 6.36. The van der Waals surface area contributed by atoms with E-state index >= 15 is 0 Å². The number of halogens is 1. The van der Waals surface area contributed by atoms with Gasteiger partial charge in [-0.2, -0.15) is 0 Å². The van der Waals surface area contributed by atoms with Gasteiger partial charge in [0.15, 0.2) is 0 Å². The molecule has 2 bridgehead atoms. The number of carbonyl (C=O) groups excluding carboxylic acids is 3. The number of ether oxygens (including phenoxy) is 3. The summed E-state index contributed by atoms with van der Waals surface area (Å²) < 4.78 is 17.5. The van der Waals surface area contributed by atoms with Gasteiger partial charge >= 0.3 is 5.97 Å². The highest BCUT2D eigenvalue weighted by atomic mass is 79.9. The number of morpholine rings is 1. The van der Waals surface area contributed by atoms with Crippen LogP contribution < -0.4 is 0 Å². The van der Waals surface area contributed by atoms with E-state index in [0.717, 1.165) is 13.1 Å². The zero-order valence-corrected chi connectivity index (χ0v) is 23.6. The molecule has 38 heavy (non-hydrogen) atoms. The Morgan fingerprint density at radius 3 is 2.66 bits per heavy atom. The summed E-state index contributed by atoms with van der Waals surface area (Å²) in [4.78, 5) is 46.9. The van der Waals surface area contributed by atoms with E-state index in [1.807, 2.05) is 0 Å². The number of aliphatic hydroxyl groups is 1. The van der Waals surface area contributed by atoms with E-state index in [1.165, 1.54) is 0 Å². The summed E-state index contributed by atoms with van der Waals surface area (Å²) in [6, 6.07) is -0.862. The minimum absolute atomic E-state index is 0.00233. The highest BCUT2D eigenvalue weighted by Crippen LogP contribution is 2.60. The van der Waals surface area contributed by atoms with Crippen LogP contribution in [0.15, 0.2) is 25.3 Å². The van der Waals surface area contributed by atoms with Crippen molar-refractivity contribution < 1.29 is 33.7 Å². The van der Waals surface area contributed by atoms with Crippen molar-refractivity contribution in [3.05, 3.63) is 25.3 Å². The van der Waals surface area contributed by atoms with E-state index in [9.17, 15) is 19.5 Å². The molecule has 10 nitrogen and oxygen atoms in total. The molecule has 4 rings (SSSR count). The second-order valence-corrected chi connectivity index (χ2v) is 11.6. The van der Waals surface area contributed by atoms with Crippen molar-refractivity contribution in [2.45, 2.75) is 48.3 Å². The van der Waals surface area contributed by atoms with E-state index in [1.54, 1.807) is 22.0 Å². The van der Waals surface area contributed by atoms with Crippen molar-refractivity contribution in [3.63, 3.8) is 0 Å². The van der Waals surface area contributed by atoms with Crippen LogP contribution in [0.25, 0.3) is 0 Å². The number of nitrogens with zero attached hydrogens (tertiary/aromatic N) is 3. The molecule has 212 valence electrons. The molecule has 0 radical (unpaired) electrons. The van der Waals surface area contributed by atoms with E-state index in [-0.39, 0.29) is 29.9 Å². The monoisotopic (exact) mass is 597 g/mol. The van der Waals surface area contributed by atoms with Crippen LogP contribution in [0, 0.1) is 11.8 Å². The van der Waals surface area contributed by atoms with E-state index < -0.39 is 35.6 Å². The molecule has 0 aromatic rings. The molecule has 2 amide bonds. The third-order valence-electron chi connectivity index (χ3n) is 8.12. The normalized spacial score (nSPS) is 32.3. The molecule has 3 unspecified atom stereocenters. The molecule has 4 fully saturated rings. The van der Waals surface area contributed by atoms with E-state index in [2.05, 4.69) is 34.0 Å². The molecule has 1 spiro atoms. The van der Waals surface area contributed by atoms with Crippen molar-refractivity contribution >= 4 is 33.7 Å². The Bertz CT molecular complexity index is 898. The number of aliphatic hydroxyl groups excluding tert-OH is 1. The first-order valence-corrected chi connectivity index (χ1v) is 14.5. The molecule has 11 heteroatoms. The summed E-state index contributed by atoms with van der Waals surface area (Å²) in [7, 11) is 0. The molecule has 0 aromatic heterocycles. The fraction of sp³-hybridized carbons (Fsp3) is 0.741. The predicted octanol–water partition coefficient (Wildman–Crippen LogP) is 0.973. The van der Waals surface area contributed by atoms with Gasteiger partial charge in [-0.25, -0.2) is 0 Å². The number of hydrogen-bond donors (Lipinski definition) is 1. The van der Waals surface area contributed by atoms with Crippen LogP contribution >= 0.6 is 15.9 Å². The Morgan fingerprint density at radius 2 is 1.97 bits per heavy atom. The SMILES string of the molecule is C=CCCOC(=O)[C@H]1[C@H]2C(=O)N(CCCCO)C(C(=O)N(CC=C)CCN3CCOCC3)C23CC(Br)[C@@H]1O3. The summed E-state index contributed by atoms with van der Waals surface area (Å²) in [5.41, 5.74) is -1.12. The fourth-order valence-corrected chi connectivity index (χ4v) is 7.30. The number of likely N-dealkylation sites (tertiary alicyclic amines) is 1. The topological polar surface area (TPSA) is 109 Å². The maximum absolute atomic E-state index is 14.3. The number of rotatable bonds is 14. The molecule has 0 saturated carbocycles. The van der Waals surface area contributed by atoms with Gasteiger partial charge in [0, 0.05) is 50.7 Å². The Labute approximate surface area is 233 Å². The summed E-state index contributed by atoms with van der Waals surface area (Å²) in [5, 5.41) is 9.35. The van der Waals surface area contributed by atoms with E-state index in [0.29, 0.717) is 65.1 Å². The number of alkyl halides is 1. The number of esters is 1. The first-order chi connectivity index (χ1) is 18.4. The third kappa shape index (κ3) is 5.58. The minimum Gasteiger partial charge on any atom is -0.465 e. The van der Waals surface area contributed by atoms with Gasteiger partial charge in [-0.15, -0.1) is 13.2 Å². The summed E-state index contributed by atoms with van der Waals surface area (Å²) in [6.45, 7) is 12.5. The first-order valence-electron chi connectivity index (χ1n) is 13.6. The van der Waals surface area contributed by atoms with Crippen LogP contribution in [0.1, 0.15) is 25.7 Å². The van der Waals surface area contributed by atoms with Crippen LogP contribution in [-0.4, -0.2) is 126 Å². The van der Waals surface area contributed by atoms with Crippen molar-refractivity contribution in [3.8, 4) is 0 Å². The van der Waals surface area contributed by atoms with Gasteiger partial charge in [-0.1, -0.05) is 28.1 Å². The molecule has 6 atom stereocenters. The van der Waals surface area contributed by atoms with Crippen LogP contribution in [0.4, 0.5) is 0 Å². The Kier molecular flexibility index (Phi) is 10.0. The number of amides is 2. The molecule has 4 aliphatic heterocycles. The number of fused-ring (bicyclic) bond motifs is 1. The second-order valence-electron chi connectivity index (χ2n) is 10.4. The standard InChI is InChI=1S/C27H40BrN3O7/c1-3-5-15-37-26(35)20-21-24(33)31(9-6-7-14-32)23(27(21)18-19(28)22(20)38-27)25(34)30(8-4-2)11-10-29-12-16-36-17-13-29/h3-4,19-23,32H,1-2,5-18H2/t19?,20-,21-,22-,23?,27?/m0/s1. The lowest BCUT2D eigenvalue weighted by Gasteiger charge is -2.38. The molecular formula is C27H40BrN3O7. The molecule has 4 saturated heterocycles. The largest absolute Gasteiger partial charge is 0.465 e. The summed E-state index contributed by atoms with van der Waals surface area (Å²) in [5.74, 6) is -2.49. The highest BCUT2D eigenvalue weighted by molar-refractivity contribution is 9.09.